The van der Waals surface area contributed by atoms with Gasteiger partial charge in [0.25, 0.3) is 0 Å². The van der Waals surface area contributed by atoms with Gasteiger partial charge in [-0.05, 0) is 37.1 Å². The first-order valence-electron chi connectivity index (χ1n) is 8.16. The maximum atomic E-state index is 12.2. The number of hydrogen-bond acceptors (Lipinski definition) is 4. The normalized spacial score (nSPS) is 10.5. The second kappa shape index (κ2) is 8.96. The molecular weight excluding hydrogens is 372 g/mol. The molecular formula is C19H21ClN2O3S. The summed E-state index contributed by atoms with van der Waals surface area (Å²) in [7, 11) is 1.55. The Bertz CT molecular complexity index is 812. The highest BCUT2D eigenvalue weighted by Crippen LogP contribution is 2.23. The highest BCUT2D eigenvalue weighted by Gasteiger charge is 2.17. The number of amides is 2. The van der Waals surface area contributed by atoms with Gasteiger partial charge in [0.1, 0.15) is 0 Å². The summed E-state index contributed by atoms with van der Waals surface area (Å²) in [5.41, 5.74) is 2.70. The van der Waals surface area contributed by atoms with E-state index in [4.69, 9.17) is 11.6 Å². The summed E-state index contributed by atoms with van der Waals surface area (Å²) in [6.45, 7) is 3.77. The average molecular weight is 393 g/mol. The molecule has 1 N–H and O–H groups in total. The van der Waals surface area contributed by atoms with Gasteiger partial charge in [0.15, 0.2) is 5.78 Å². The van der Waals surface area contributed by atoms with Gasteiger partial charge in [0.05, 0.1) is 15.8 Å². The lowest BCUT2D eigenvalue weighted by Crippen LogP contribution is -2.35. The maximum Gasteiger partial charge on any atom is 0.243 e. The summed E-state index contributed by atoms with van der Waals surface area (Å²) >= 11 is 7.01. The molecule has 0 saturated heterocycles. The lowest BCUT2D eigenvalue weighted by Gasteiger charge is -2.18. The first-order valence-corrected chi connectivity index (χ1v) is 9.36. The number of para-hydroxylation sites is 1. The molecule has 2 amide bonds. The van der Waals surface area contributed by atoms with E-state index in [1.165, 1.54) is 16.2 Å². The first-order chi connectivity index (χ1) is 12.3. The van der Waals surface area contributed by atoms with Crippen LogP contribution in [-0.4, -0.2) is 36.1 Å². The molecule has 138 valence electrons. The zero-order valence-electron chi connectivity index (χ0n) is 15.0. The van der Waals surface area contributed by atoms with Gasteiger partial charge in [0, 0.05) is 25.6 Å². The third kappa shape index (κ3) is 5.41. The number of nitrogens with one attached hydrogen (secondary N) is 1. The minimum absolute atomic E-state index is 0.0571. The zero-order chi connectivity index (χ0) is 19.3. The van der Waals surface area contributed by atoms with Gasteiger partial charge in [-0.3, -0.25) is 14.4 Å². The van der Waals surface area contributed by atoms with Gasteiger partial charge in [0.2, 0.25) is 11.8 Å². The van der Waals surface area contributed by atoms with Crippen molar-refractivity contribution in [1.82, 2.24) is 4.90 Å². The second-order valence-electron chi connectivity index (χ2n) is 6.09. The van der Waals surface area contributed by atoms with Gasteiger partial charge in [-0.2, -0.15) is 0 Å². The summed E-state index contributed by atoms with van der Waals surface area (Å²) in [5.74, 6) is -0.643. The van der Waals surface area contributed by atoms with E-state index < -0.39 is 0 Å². The minimum Gasteiger partial charge on any atom is -0.336 e. The predicted molar refractivity (Wildman–Crippen MR) is 105 cm³/mol. The maximum absolute atomic E-state index is 12.2. The predicted octanol–water partition coefficient (Wildman–Crippen LogP) is 4.08. The molecule has 1 heterocycles. The number of benzene rings is 1. The second-order valence-corrected chi connectivity index (χ2v) is 7.81. The molecule has 0 aliphatic carbocycles. The van der Waals surface area contributed by atoms with Crippen LogP contribution in [-0.2, 0) is 9.59 Å². The van der Waals surface area contributed by atoms with Crippen molar-refractivity contribution in [2.45, 2.75) is 26.7 Å². The van der Waals surface area contributed by atoms with E-state index in [0.717, 1.165) is 16.8 Å². The van der Waals surface area contributed by atoms with Crippen LogP contribution in [0, 0.1) is 13.8 Å². The van der Waals surface area contributed by atoms with Crippen molar-refractivity contribution in [3.63, 3.8) is 0 Å². The van der Waals surface area contributed by atoms with Crippen molar-refractivity contribution < 1.29 is 14.4 Å². The fourth-order valence-electron chi connectivity index (χ4n) is 2.49. The lowest BCUT2D eigenvalue weighted by molar-refractivity contribution is -0.133. The molecule has 0 atom stereocenters. The topological polar surface area (TPSA) is 66.5 Å². The van der Waals surface area contributed by atoms with Gasteiger partial charge in [-0.25, -0.2) is 0 Å². The first kappa shape index (κ1) is 20.1. The van der Waals surface area contributed by atoms with Crippen LogP contribution < -0.4 is 5.32 Å². The van der Waals surface area contributed by atoms with Crippen molar-refractivity contribution in [2.24, 2.45) is 0 Å². The number of Topliss-reactive ketones (excluding diaryl/α,β-unsaturated/α-hetero) is 1. The molecule has 0 spiro atoms. The summed E-state index contributed by atoms with van der Waals surface area (Å²) < 4.78 is 0.542. The number of hydrogen-bond donors (Lipinski definition) is 1. The number of ketones is 1. The van der Waals surface area contributed by atoms with E-state index in [1.807, 2.05) is 32.0 Å². The molecule has 26 heavy (non-hydrogen) atoms. The average Bonchev–Trinajstić information content (AvgIpc) is 3.02. The zero-order valence-corrected chi connectivity index (χ0v) is 16.5. The molecule has 0 aliphatic rings. The van der Waals surface area contributed by atoms with Crippen molar-refractivity contribution in [3.8, 4) is 0 Å². The number of aryl methyl sites for hydroxylation is 2. The van der Waals surface area contributed by atoms with Gasteiger partial charge < -0.3 is 10.2 Å². The van der Waals surface area contributed by atoms with Gasteiger partial charge >= 0.3 is 0 Å². The summed E-state index contributed by atoms with van der Waals surface area (Å²) in [6, 6.07) is 9.07. The molecule has 1 aromatic carbocycles. The number of carbonyl (C=O) groups excluding carboxylic acids is 3. The molecule has 0 aliphatic heterocycles. The van der Waals surface area contributed by atoms with Crippen LogP contribution in [0.1, 0.15) is 33.6 Å². The molecule has 1 aromatic heterocycles. The fraction of sp³-hybridized carbons (Fsp3) is 0.316. The van der Waals surface area contributed by atoms with Crippen molar-refractivity contribution in [2.75, 3.05) is 18.9 Å². The third-order valence-corrected chi connectivity index (χ3v) is 5.24. The number of rotatable bonds is 7. The molecule has 2 aromatic rings. The Labute approximate surface area is 162 Å². The minimum atomic E-state index is -0.269. The third-order valence-electron chi connectivity index (χ3n) is 3.97. The van der Waals surface area contributed by atoms with E-state index in [1.54, 1.807) is 19.2 Å². The highest BCUT2D eigenvalue weighted by molar-refractivity contribution is 7.18. The van der Waals surface area contributed by atoms with Crippen LogP contribution in [0.15, 0.2) is 30.3 Å². The number of carbonyl (C=O) groups is 3. The monoisotopic (exact) mass is 392 g/mol. The van der Waals surface area contributed by atoms with Crippen LogP contribution in [0.4, 0.5) is 5.69 Å². The molecule has 2 rings (SSSR count). The standard InChI is InChI=1S/C19H21ClN2O3S/c1-12-5-4-6-13(2)19(12)21-17(24)11-22(3)18(25)10-7-14(23)15-8-9-16(20)26-15/h4-6,8-9H,7,10-11H2,1-3H3,(H,21,24). The molecule has 5 nitrogen and oxygen atoms in total. The van der Waals surface area contributed by atoms with E-state index in [2.05, 4.69) is 5.32 Å². The number of anilines is 1. The van der Waals surface area contributed by atoms with Crippen LogP contribution in [0.5, 0.6) is 0 Å². The van der Waals surface area contributed by atoms with E-state index >= 15 is 0 Å². The Morgan fingerprint density at radius 1 is 1.08 bits per heavy atom. The van der Waals surface area contributed by atoms with Crippen molar-refractivity contribution >= 4 is 46.2 Å². The van der Waals surface area contributed by atoms with Crippen molar-refractivity contribution in [1.29, 1.82) is 0 Å². The van der Waals surface area contributed by atoms with Crippen molar-refractivity contribution in [3.05, 3.63) is 50.7 Å². The number of thiophene rings is 1. The molecule has 0 fully saturated rings. The fourth-order valence-corrected chi connectivity index (χ4v) is 3.50. The van der Waals surface area contributed by atoms with E-state index in [9.17, 15) is 14.4 Å². The molecule has 0 bridgehead atoms. The van der Waals surface area contributed by atoms with Gasteiger partial charge in [-0.1, -0.05) is 29.8 Å². The Kier molecular flexibility index (Phi) is 6.94. The van der Waals surface area contributed by atoms with Gasteiger partial charge in [-0.15, -0.1) is 11.3 Å². The number of nitrogens with zero attached hydrogens (tertiary/aromatic N) is 1. The van der Waals surface area contributed by atoms with Crippen LogP contribution >= 0.6 is 22.9 Å². The van der Waals surface area contributed by atoms with Crippen LogP contribution in [0.3, 0.4) is 0 Å². The van der Waals surface area contributed by atoms with Crippen LogP contribution in [0.25, 0.3) is 0 Å². The summed E-state index contributed by atoms with van der Waals surface area (Å²) in [4.78, 5) is 38.3. The Morgan fingerprint density at radius 3 is 2.31 bits per heavy atom. The largest absolute Gasteiger partial charge is 0.336 e. The summed E-state index contributed by atoms with van der Waals surface area (Å²) in [6.07, 6.45) is 0.153. The highest BCUT2D eigenvalue weighted by atomic mass is 35.5. The summed E-state index contributed by atoms with van der Waals surface area (Å²) in [5, 5.41) is 2.84. The number of halogens is 1. The Hall–Kier alpha value is -2.18. The Balaban J connectivity index is 1.84. The van der Waals surface area contributed by atoms with E-state index in [-0.39, 0.29) is 37.0 Å². The van der Waals surface area contributed by atoms with Crippen LogP contribution in [0.2, 0.25) is 4.34 Å². The molecule has 7 heteroatoms. The van der Waals surface area contributed by atoms with E-state index in [0.29, 0.717) is 9.21 Å². The quantitative estimate of drug-likeness (QED) is 0.722. The molecule has 0 saturated carbocycles. The SMILES string of the molecule is Cc1cccc(C)c1NC(=O)CN(C)C(=O)CCC(=O)c1ccc(Cl)s1. The smallest absolute Gasteiger partial charge is 0.243 e. The number of likely N-dealkylation sites (N-methyl/N-ethyl adjacent to an activating group) is 1. The molecule has 0 radical (unpaired) electrons. The molecule has 0 unspecified atom stereocenters. The Morgan fingerprint density at radius 2 is 1.73 bits per heavy atom. The lowest BCUT2D eigenvalue weighted by atomic mass is 10.1.